The molecular weight excluding hydrogens is 957 g/mol. The van der Waals surface area contributed by atoms with Crippen molar-refractivity contribution in [2.45, 2.75) is 153 Å². The maximum Gasteiger partial charge on any atom is 0.326 e. The SMILES string of the molecule is CC(C)C[C@H](NC(=O)[C@H](CCC(=O)O)NC(=O)[C@H](CCC(=O)O)NC(=O)[C@H](CCC(=O)O)NC(=O)[C@H](CC(C)C)NC(=O)[C@H](CCCN=C(N)N)NC(=O)[C@@H](N)CO)C(=O)N[C@@H](CCCN=C(N)N)C(=O)O. The summed E-state index contributed by atoms with van der Waals surface area (Å²) >= 11 is 0. The molecule has 8 atom stereocenters. The van der Waals surface area contributed by atoms with Crippen molar-refractivity contribution >= 4 is 77.1 Å². The number of hydrogen-bond donors (Lipinski definition) is 17. The molecule has 408 valence electrons. The Labute approximate surface area is 415 Å². The maximum atomic E-state index is 13.9. The van der Waals surface area contributed by atoms with Crippen LogP contribution in [0.4, 0.5) is 0 Å². The highest BCUT2D eigenvalue weighted by Gasteiger charge is 2.35. The molecule has 0 aromatic rings. The van der Waals surface area contributed by atoms with E-state index in [1.165, 1.54) is 0 Å². The van der Waals surface area contributed by atoms with Crippen molar-refractivity contribution in [3.05, 3.63) is 0 Å². The number of aliphatic carboxylic acids is 4. The van der Waals surface area contributed by atoms with E-state index < -0.39 is 159 Å². The number of rotatable bonds is 37. The number of aliphatic hydroxyl groups is 1. The molecule has 0 bridgehead atoms. The molecule has 0 aliphatic carbocycles. The van der Waals surface area contributed by atoms with E-state index in [-0.39, 0.29) is 75.4 Å². The van der Waals surface area contributed by atoms with Gasteiger partial charge < -0.3 is 91.4 Å². The zero-order valence-electron chi connectivity index (χ0n) is 40.9. The van der Waals surface area contributed by atoms with Gasteiger partial charge in [-0.05, 0) is 69.6 Å². The molecule has 0 saturated heterocycles. The number of nitrogens with two attached hydrogens (primary N) is 5. The highest BCUT2D eigenvalue weighted by Crippen LogP contribution is 2.12. The monoisotopic (exact) mass is 1030 g/mol. The van der Waals surface area contributed by atoms with Crippen LogP contribution in [-0.2, 0) is 52.7 Å². The van der Waals surface area contributed by atoms with Crippen molar-refractivity contribution < 1.29 is 78.3 Å². The van der Waals surface area contributed by atoms with Crippen LogP contribution in [0.2, 0.25) is 0 Å². The number of nitrogens with one attached hydrogen (secondary N) is 7. The van der Waals surface area contributed by atoms with Gasteiger partial charge in [-0.25, -0.2) is 4.79 Å². The average molecular weight is 1030 g/mol. The summed E-state index contributed by atoms with van der Waals surface area (Å²) in [6, 6.07) is -12.5. The van der Waals surface area contributed by atoms with Crippen LogP contribution < -0.4 is 65.9 Å². The van der Waals surface area contributed by atoms with Crippen LogP contribution in [0, 0.1) is 11.8 Å². The molecule has 0 aromatic heterocycles. The molecule has 0 fully saturated rings. The number of carbonyl (C=O) groups excluding carboxylic acids is 7. The van der Waals surface area contributed by atoms with E-state index >= 15 is 0 Å². The molecule has 0 heterocycles. The van der Waals surface area contributed by atoms with E-state index in [0.717, 1.165) is 0 Å². The lowest BCUT2D eigenvalue weighted by molar-refractivity contribution is -0.142. The minimum Gasteiger partial charge on any atom is -0.481 e. The van der Waals surface area contributed by atoms with Crippen molar-refractivity contribution in [1.82, 2.24) is 37.2 Å². The number of carboxylic acids is 4. The minimum atomic E-state index is -1.84. The summed E-state index contributed by atoms with van der Waals surface area (Å²) in [5.74, 6) is -14.2. The van der Waals surface area contributed by atoms with Gasteiger partial charge in [-0.2, -0.15) is 0 Å². The summed E-state index contributed by atoms with van der Waals surface area (Å²) in [6.07, 6.45) is -4.24. The van der Waals surface area contributed by atoms with Crippen molar-refractivity contribution in [3.63, 3.8) is 0 Å². The molecule has 0 unspecified atom stereocenters. The Morgan fingerprint density at radius 2 is 0.681 bits per heavy atom. The standard InChI is InChI=1S/C42H74N14O16/c1-20(2)17-28(55-34(65)23(7-5-15-48-41(44)45)50-33(64)22(43)19-57)38(69)53-25(10-13-31(60)61)36(67)51-24(9-12-30(58)59)35(66)52-26(11-14-32(62)63)37(68)56-29(18-21(3)4)39(70)54-27(40(71)72)8-6-16-49-42(46)47/h20-29,57H,5-19,43H2,1-4H3,(H,50,64)(H,51,67)(H,52,66)(H,53,69)(H,54,70)(H,55,65)(H,56,68)(H,58,59)(H,60,61)(H,62,63)(H,71,72)(H4,44,45,48)(H4,46,47,49)/t22-,23-,24-,25-,26-,27-,28-,29-/m0/s1. The fourth-order valence-corrected chi connectivity index (χ4v) is 6.54. The van der Waals surface area contributed by atoms with Gasteiger partial charge in [0.15, 0.2) is 11.9 Å². The van der Waals surface area contributed by atoms with Crippen molar-refractivity contribution in [3.8, 4) is 0 Å². The second kappa shape index (κ2) is 34.0. The first-order valence-electron chi connectivity index (χ1n) is 23.1. The van der Waals surface area contributed by atoms with Crippen LogP contribution >= 0.6 is 0 Å². The number of aliphatic hydroxyl groups excluding tert-OH is 1. The van der Waals surface area contributed by atoms with Gasteiger partial charge in [0, 0.05) is 32.4 Å². The van der Waals surface area contributed by atoms with Crippen LogP contribution in [0.15, 0.2) is 9.98 Å². The highest BCUT2D eigenvalue weighted by atomic mass is 16.4. The van der Waals surface area contributed by atoms with E-state index in [1.807, 2.05) is 0 Å². The fraction of sp³-hybridized carbons (Fsp3) is 0.690. The van der Waals surface area contributed by atoms with E-state index in [4.69, 9.17) is 28.7 Å². The minimum absolute atomic E-state index is 0.0328. The van der Waals surface area contributed by atoms with Crippen molar-refractivity contribution in [2.24, 2.45) is 50.5 Å². The van der Waals surface area contributed by atoms with Crippen LogP contribution in [0.1, 0.15) is 105 Å². The number of hydrogen-bond acceptors (Lipinski definition) is 15. The number of amides is 7. The predicted molar refractivity (Wildman–Crippen MR) is 256 cm³/mol. The van der Waals surface area contributed by atoms with Crippen LogP contribution in [0.3, 0.4) is 0 Å². The number of carbonyl (C=O) groups is 11. The lowest BCUT2D eigenvalue weighted by Gasteiger charge is -2.28. The highest BCUT2D eigenvalue weighted by molar-refractivity contribution is 5.98. The topological polar surface area (TPSA) is 528 Å². The summed E-state index contributed by atoms with van der Waals surface area (Å²) in [6.45, 7) is 6.03. The Morgan fingerprint density at radius 3 is 0.958 bits per heavy atom. The number of nitrogens with zero attached hydrogens (tertiary/aromatic N) is 2. The second-order valence-electron chi connectivity index (χ2n) is 17.5. The maximum absolute atomic E-state index is 13.9. The summed E-state index contributed by atoms with van der Waals surface area (Å²) < 4.78 is 0. The van der Waals surface area contributed by atoms with E-state index in [0.29, 0.717) is 0 Å². The molecule has 30 heteroatoms. The van der Waals surface area contributed by atoms with Crippen molar-refractivity contribution in [1.29, 1.82) is 0 Å². The Bertz CT molecular complexity index is 1930. The zero-order valence-corrected chi connectivity index (χ0v) is 40.9. The van der Waals surface area contributed by atoms with E-state index in [1.54, 1.807) is 27.7 Å². The Kier molecular flexibility index (Phi) is 30.6. The van der Waals surface area contributed by atoms with Gasteiger partial charge in [0.05, 0.1) is 6.61 Å². The molecule has 0 aliphatic rings. The first-order valence-corrected chi connectivity index (χ1v) is 23.1. The smallest absolute Gasteiger partial charge is 0.326 e. The number of guanidine groups is 2. The second-order valence-corrected chi connectivity index (χ2v) is 17.5. The fourth-order valence-electron chi connectivity index (χ4n) is 6.54. The van der Waals surface area contributed by atoms with Crippen LogP contribution in [-0.4, -0.2) is 171 Å². The van der Waals surface area contributed by atoms with Crippen LogP contribution in [0.5, 0.6) is 0 Å². The Morgan fingerprint density at radius 1 is 0.417 bits per heavy atom. The summed E-state index contributed by atoms with van der Waals surface area (Å²) in [7, 11) is 0. The quantitative estimate of drug-likeness (QED) is 0.0157. The molecule has 0 saturated carbocycles. The molecule has 0 spiro atoms. The summed E-state index contributed by atoms with van der Waals surface area (Å²) in [5.41, 5.74) is 26.9. The predicted octanol–water partition coefficient (Wildman–Crippen LogP) is -5.42. The zero-order chi connectivity index (χ0) is 55.2. The van der Waals surface area contributed by atoms with Gasteiger partial charge in [0.2, 0.25) is 41.4 Å². The third-order valence-electron chi connectivity index (χ3n) is 10.2. The Hall–Kier alpha value is -7.37. The molecule has 0 radical (unpaired) electrons. The average Bonchev–Trinajstić information content (AvgIpc) is 3.27. The van der Waals surface area contributed by atoms with Crippen LogP contribution in [0.25, 0.3) is 0 Å². The summed E-state index contributed by atoms with van der Waals surface area (Å²) in [4.78, 5) is 150. The van der Waals surface area contributed by atoms with E-state index in [2.05, 4.69) is 47.2 Å². The lowest BCUT2D eigenvalue weighted by atomic mass is 10.0. The third kappa shape index (κ3) is 28.3. The molecule has 7 amide bonds. The number of carboxylic acid groups (broad SMARTS) is 4. The van der Waals surface area contributed by atoms with Gasteiger partial charge in [0.1, 0.15) is 48.3 Å². The molecule has 0 rings (SSSR count). The Balaban J connectivity index is 6.79. The summed E-state index contributed by atoms with van der Waals surface area (Å²) in [5, 5.41) is 64.1. The lowest BCUT2D eigenvalue weighted by Crippen LogP contribution is -2.60. The first kappa shape index (κ1) is 64.6. The molecule has 30 nitrogen and oxygen atoms in total. The normalized spacial score (nSPS) is 14.3. The molecule has 72 heavy (non-hydrogen) atoms. The molecule has 0 aliphatic heterocycles. The molecule has 22 N–H and O–H groups in total. The first-order chi connectivity index (χ1) is 33.6. The van der Waals surface area contributed by atoms with Gasteiger partial charge in [-0.1, -0.05) is 27.7 Å². The van der Waals surface area contributed by atoms with Gasteiger partial charge in [-0.15, -0.1) is 0 Å². The van der Waals surface area contributed by atoms with Crippen molar-refractivity contribution in [2.75, 3.05) is 19.7 Å². The number of aliphatic imine (C=N–C) groups is 2. The largest absolute Gasteiger partial charge is 0.481 e. The third-order valence-corrected chi connectivity index (χ3v) is 10.2. The van der Waals surface area contributed by atoms with E-state index in [9.17, 15) is 78.3 Å². The van der Waals surface area contributed by atoms with Gasteiger partial charge >= 0.3 is 23.9 Å². The molecular formula is C42H74N14O16. The molecule has 0 aromatic carbocycles. The van der Waals surface area contributed by atoms with Gasteiger partial charge in [0.25, 0.3) is 0 Å². The van der Waals surface area contributed by atoms with Gasteiger partial charge in [-0.3, -0.25) is 57.9 Å².